The SMILES string of the molecule is c1ccc(-c2ccc(-c3nc(-c4ccc(C5(c6ccc7c(c6)sc6ccccc67)c6ccccc6-c6ccccc65)cc4)nc(-c4cc(-c5ccc6c(c5)sc5cc(C7(c8ccc(-c9ccc(-c%10nc(-c%11ccccc%11)nc(-c%11ccc%12c(c%11)oc%11ccccc%11%12)n%10)cc9)cc8)c8ccccc8-c8ccccc87)ccc56)c5oc6ccccc6c5c4)n3)cc2)cc1. The average Bonchev–Trinajstić information content (AvgIpc) is 1.53. The van der Waals surface area contributed by atoms with Crippen LogP contribution in [0.1, 0.15) is 44.5 Å². The summed E-state index contributed by atoms with van der Waals surface area (Å²) in [6.45, 7) is 0. The molecule has 0 saturated carbocycles. The molecule has 0 saturated heterocycles. The fourth-order valence-corrected chi connectivity index (χ4v) is 22.7. The number of furan rings is 2. The first-order valence-corrected chi connectivity index (χ1v) is 44.2. The Hall–Kier alpha value is -16.0. The van der Waals surface area contributed by atoms with E-state index in [2.05, 4.69) is 352 Å². The van der Waals surface area contributed by atoms with E-state index in [9.17, 15) is 0 Å². The van der Waals surface area contributed by atoms with Crippen molar-refractivity contribution in [1.82, 2.24) is 29.9 Å². The van der Waals surface area contributed by atoms with Gasteiger partial charge in [0, 0.05) is 101 Å². The number of fused-ring (bicyclic) bond motifs is 18. The van der Waals surface area contributed by atoms with Crippen LogP contribution in [0.15, 0.2) is 421 Å². The van der Waals surface area contributed by atoms with E-state index in [0.717, 1.165) is 116 Å². The van der Waals surface area contributed by atoms with Crippen LogP contribution in [-0.4, -0.2) is 29.9 Å². The van der Waals surface area contributed by atoms with Gasteiger partial charge in [-0.2, -0.15) is 0 Å². The first kappa shape index (κ1) is 71.7. The zero-order chi connectivity index (χ0) is 82.7. The molecule has 26 rings (SSSR count). The smallest absolute Gasteiger partial charge is 0.164 e. The third kappa shape index (κ3) is 11.2. The lowest BCUT2D eigenvalue weighted by atomic mass is 9.67. The van der Waals surface area contributed by atoms with Crippen molar-refractivity contribution >= 4 is 107 Å². The lowest BCUT2D eigenvalue weighted by Crippen LogP contribution is -2.28. The van der Waals surface area contributed by atoms with E-state index in [1.807, 2.05) is 83.3 Å². The molecule has 10 heteroatoms. The first-order chi connectivity index (χ1) is 62.4. The molecule has 0 aliphatic heterocycles. The van der Waals surface area contributed by atoms with Gasteiger partial charge in [-0.15, -0.1) is 22.7 Å². The summed E-state index contributed by atoms with van der Waals surface area (Å²) < 4.78 is 18.3. The van der Waals surface area contributed by atoms with Gasteiger partial charge in [0.15, 0.2) is 34.9 Å². The molecule has 0 bridgehead atoms. The molecule has 24 aromatic rings. The molecular formula is C116H68N6O2S2. The highest BCUT2D eigenvalue weighted by molar-refractivity contribution is 7.26. The second-order valence-corrected chi connectivity index (χ2v) is 35.1. The quantitative estimate of drug-likeness (QED) is 0.112. The zero-order valence-electron chi connectivity index (χ0n) is 67.6. The van der Waals surface area contributed by atoms with Crippen molar-refractivity contribution in [2.45, 2.75) is 10.8 Å². The van der Waals surface area contributed by atoms with Crippen LogP contribution in [0.5, 0.6) is 0 Å². The molecule has 0 spiro atoms. The summed E-state index contributed by atoms with van der Waals surface area (Å²) in [7, 11) is 0. The number of benzene rings is 18. The second kappa shape index (κ2) is 28.3. The van der Waals surface area contributed by atoms with Crippen molar-refractivity contribution in [1.29, 1.82) is 0 Å². The van der Waals surface area contributed by atoms with E-state index >= 15 is 0 Å². The number of aromatic nitrogens is 6. The van der Waals surface area contributed by atoms with Crippen LogP contribution in [0, 0.1) is 0 Å². The Balaban J connectivity index is 0.576. The van der Waals surface area contributed by atoms with Crippen molar-refractivity contribution in [2.24, 2.45) is 0 Å². The minimum Gasteiger partial charge on any atom is -0.456 e. The fourth-order valence-electron chi connectivity index (χ4n) is 20.4. The molecule has 0 amide bonds. The third-order valence-electron chi connectivity index (χ3n) is 26.2. The van der Waals surface area contributed by atoms with Gasteiger partial charge in [-0.3, -0.25) is 0 Å². The van der Waals surface area contributed by atoms with Gasteiger partial charge < -0.3 is 8.83 Å². The monoisotopic (exact) mass is 1640 g/mol. The third-order valence-corrected chi connectivity index (χ3v) is 28.5. The fraction of sp³-hybridized carbons (Fsp3) is 0.0172. The van der Waals surface area contributed by atoms with Crippen LogP contribution in [0.25, 0.3) is 208 Å². The van der Waals surface area contributed by atoms with Crippen LogP contribution in [-0.2, 0) is 10.8 Å². The van der Waals surface area contributed by atoms with E-state index in [1.165, 1.54) is 102 Å². The molecule has 6 aromatic heterocycles. The van der Waals surface area contributed by atoms with Gasteiger partial charge in [-0.05, 0) is 155 Å². The summed E-state index contributed by atoms with van der Waals surface area (Å²) in [5.41, 5.74) is 28.3. The van der Waals surface area contributed by atoms with Crippen molar-refractivity contribution in [3.8, 4) is 124 Å². The summed E-state index contributed by atoms with van der Waals surface area (Å²) in [5, 5.41) is 9.06. The number of nitrogens with zero attached hydrogens (tertiary/aromatic N) is 6. The standard InChI is InChI=1S/C116H68N6O2S2/c1-3-21-69(22-4-1)70-39-43-75(44-40-70)111-118-112(76-49-55-81(56-50-76)116(99-34-16-9-27-86(99)87-28-10-17-35-100(87)116)82-57-61-93-91-31-13-20-38-104(91)125-106(93)67-82)122-114(121-111)79-63-95(108-96(64-79)89-30-12-19-37-102(89)124-108)77-51-60-92-94-62-58-83(68-107(94)126-105(92)66-77)115(97-32-14-7-25-84(97)85-26-8-15-33-98(85)115)80-53-47-72(48-54-80)71-41-45-74(46-42-71)110-117-109(73-23-5-2-6-24-73)119-113(120-110)78-52-59-90-88-29-11-18-36-101(88)123-103(90)65-78/h1-68H. The molecule has 0 fully saturated rings. The van der Waals surface area contributed by atoms with Gasteiger partial charge in [-0.25, -0.2) is 29.9 Å². The maximum Gasteiger partial charge on any atom is 0.164 e. The van der Waals surface area contributed by atoms with Crippen LogP contribution >= 0.6 is 22.7 Å². The zero-order valence-corrected chi connectivity index (χ0v) is 69.2. The van der Waals surface area contributed by atoms with Crippen LogP contribution in [0.2, 0.25) is 0 Å². The molecule has 0 unspecified atom stereocenters. The molecule has 8 nitrogen and oxygen atoms in total. The minimum atomic E-state index is -0.654. The lowest BCUT2D eigenvalue weighted by molar-refractivity contribution is 0.669. The predicted octanol–water partition coefficient (Wildman–Crippen LogP) is 30.3. The molecule has 2 aliphatic carbocycles. The van der Waals surface area contributed by atoms with Crippen molar-refractivity contribution in [3.05, 3.63) is 457 Å². The van der Waals surface area contributed by atoms with E-state index < -0.39 is 10.8 Å². The Labute approximate surface area is 732 Å². The Morgan fingerprint density at radius 2 is 0.492 bits per heavy atom. The summed E-state index contributed by atoms with van der Waals surface area (Å²) in [5.74, 6) is 3.45. The van der Waals surface area contributed by atoms with E-state index in [0.29, 0.717) is 34.9 Å². The van der Waals surface area contributed by atoms with Gasteiger partial charge in [-0.1, -0.05) is 352 Å². The van der Waals surface area contributed by atoms with Gasteiger partial charge in [0.2, 0.25) is 0 Å². The molecule has 0 atom stereocenters. The summed E-state index contributed by atoms with van der Waals surface area (Å²) >= 11 is 3.69. The molecule has 0 N–H and O–H groups in total. The van der Waals surface area contributed by atoms with E-state index in [1.54, 1.807) is 0 Å². The maximum absolute atomic E-state index is 7.03. The van der Waals surface area contributed by atoms with Gasteiger partial charge >= 0.3 is 0 Å². The second-order valence-electron chi connectivity index (χ2n) is 33.0. The Morgan fingerprint density at radius 1 is 0.175 bits per heavy atom. The number of thiophene rings is 2. The van der Waals surface area contributed by atoms with Crippen molar-refractivity contribution in [2.75, 3.05) is 0 Å². The highest BCUT2D eigenvalue weighted by Crippen LogP contribution is 2.60. The lowest BCUT2D eigenvalue weighted by Gasteiger charge is -2.34. The molecule has 2 aliphatic rings. The number of para-hydroxylation sites is 2. The van der Waals surface area contributed by atoms with Crippen LogP contribution in [0.3, 0.4) is 0 Å². The average molecular weight is 1640 g/mol. The normalized spacial score (nSPS) is 13.0. The number of hydrogen-bond donors (Lipinski definition) is 0. The molecule has 126 heavy (non-hydrogen) atoms. The minimum absolute atomic E-state index is 0.550. The summed E-state index contributed by atoms with van der Waals surface area (Å²) in [6, 6.07) is 149. The van der Waals surface area contributed by atoms with E-state index in [-0.39, 0.29) is 0 Å². The van der Waals surface area contributed by atoms with Crippen molar-refractivity contribution < 1.29 is 8.83 Å². The van der Waals surface area contributed by atoms with Gasteiger partial charge in [0.05, 0.1) is 10.8 Å². The maximum atomic E-state index is 7.03. The summed E-state index contributed by atoms with van der Waals surface area (Å²) in [4.78, 5) is 31.9. The van der Waals surface area contributed by atoms with Crippen molar-refractivity contribution in [3.63, 3.8) is 0 Å². The Kier molecular flexibility index (Phi) is 16.1. The van der Waals surface area contributed by atoms with Gasteiger partial charge in [0.25, 0.3) is 0 Å². The molecule has 0 radical (unpaired) electrons. The number of hydrogen-bond acceptors (Lipinski definition) is 10. The molecule has 18 aromatic carbocycles. The predicted molar refractivity (Wildman–Crippen MR) is 517 cm³/mol. The Morgan fingerprint density at radius 3 is 1.01 bits per heavy atom. The highest BCUT2D eigenvalue weighted by Gasteiger charge is 2.48. The topological polar surface area (TPSA) is 104 Å². The number of rotatable bonds is 13. The first-order valence-electron chi connectivity index (χ1n) is 42.6. The Bertz CT molecular complexity index is 8500. The molecule has 6 heterocycles. The molecule has 586 valence electrons. The van der Waals surface area contributed by atoms with Crippen LogP contribution < -0.4 is 0 Å². The summed E-state index contributed by atoms with van der Waals surface area (Å²) in [6.07, 6.45) is 0. The molecular weight excluding hydrogens is 1570 g/mol. The largest absolute Gasteiger partial charge is 0.456 e. The van der Waals surface area contributed by atoms with Gasteiger partial charge in [0.1, 0.15) is 22.3 Å². The highest BCUT2D eigenvalue weighted by atomic mass is 32.1. The van der Waals surface area contributed by atoms with E-state index in [4.69, 9.17) is 38.7 Å². The van der Waals surface area contributed by atoms with Crippen LogP contribution in [0.4, 0.5) is 0 Å².